The van der Waals surface area contributed by atoms with Crippen molar-refractivity contribution in [1.29, 1.82) is 0 Å². The molecule has 27 heavy (non-hydrogen) atoms. The average Bonchev–Trinajstić information content (AvgIpc) is 3.21. The molecule has 0 bridgehead atoms. The van der Waals surface area contributed by atoms with E-state index in [-0.39, 0.29) is 0 Å². The van der Waals surface area contributed by atoms with E-state index in [4.69, 9.17) is 4.74 Å². The van der Waals surface area contributed by atoms with Gasteiger partial charge in [0, 0.05) is 11.6 Å². The number of fused-ring (bicyclic) bond motifs is 4. The molecule has 5 rings (SSSR count). The summed E-state index contributed by atoms with van der Waals surface area (Å²) in [6.45, 7) is 4.27. The Morgan fingerprint density at radius 1 is 1.04 bits per heavy atom. The van der Waals surface area contributed by atoms with E-state index >= 15 is 0 Å². The van der Waals surface area contributed by atoms with Crippen molar-refractivity contribution in [2.45, 2.75) is 18.4 Å². The second kappa shape index (κ2) is 6.62. The zero-order chi connectivity index (χ0) is 18.2. The molecule has 1 N–H and O–H groups in total. The molecule has 2 heteroatoms. The maximum atomic E-state index is 5.76. The van der Waals surface area contributed by atoms with E-state index in [1.54, 1.807) is 6.08 Å². The van der Waals surface area contributed by atoms with E-state index < -0.39 is 0 Å². The monoisotopic (exact) mass is 353 g/mol. The third-order valence-corrected chi connectivity index (χ3v) is 5.83. The van der Waals surface area contributed by atoms with Gasteiger partial charge in [0.15, 0.2) is 0 Å². The molecular weight excluding hydrogens is 330 g/mol. The Balaban J connectivity index is 1.53. The van der Waals surface area contributed by atoms with E-state index in [1.165, 1.54) is 27.6 Å². The van der Waals surface area contributed by atoms with Crippen molar-refractivity contribution in [2.24, 2.45) is 5.92 Å². The molecule has 0 amide bonds. The molecule has 0 radical (unpaired) electrons. The zero-order valence-electron chi connectivity index (χ0n) is 15.3. The van der Waals surface area contributed by atoms with Gasteiger partial charge in [0.1, 0.15) is 12.4 Å². The third-order valence-electron chi connectivity index (χ3n) is 5.83. The van der Waals surface area contributed by atoms with E-state index in [0.717, 1.165) is 12.2 Å². The predicted octanol–water partition coefficient (Wildman–Crippen LogP) is 6.23. The molecule has 0 fully saturated rings. The molecule has 2 nitrogen and oxygen atoms in total. The average molecular weight is 353 g/mol. The van der Waals surface area contributed by atoms with Crippen LogP contribution in [0, 0.1) is 5.92 Å². The number of hydrogen-bond acceptors (Lipinski definition) is 2. The molecule has 3 aromatic carbocycles. The summed E-state index contributed by atoms with van der Waals surface area (Å²) in [5.74, 6) is 1.89. The van der Waals surface area contributed by atoms with Crippen LogP contribution in [0.3, 0.4) is 0 Å². The second-order valence-electron chi connectivity index (χ2n) is 7.43. The molecule has 1 aliphatic carbocycles. The van der Waals surface area contributed by atoms with Crippen molar-refractivity contribution in [3.63, 3.8) is 0 Å². The van der Waals surface area contributed by atoms with Crippen molar-refractivity contribution >= 4 is 16.5 Å². The minimum atomic E-state index is 0.321. The number of rotatable bonds is 4. The van der Waals surface area contributed by atoms with E-state index in [2.05, 4.69) is 78.6 Å². The molecule has 0 spiro atoms. The Hall–Kier alpha value is -3.00. The smallest absolute Gasteiger partial charge is 0.120 e. The van der Waals surface area contributed by atoms with Gasteiger partial charge in [-0.05, 0) is 58.5 Å². The number of anilines is 1. The van der Waals surface area contributed by atoms with E-state index in [1.807, 2.05) is 6.07 Å². The zero-order valence-corrected chi connectivity index (χ0v) is 15.3. The second-order valence-corrected chi connectivity index (χ2v) is 7.43. The normalized spacial score (nSPS) is 22.7. The largest absolute Gasteiger partial charge is 0.490 e. The van der Waals surface area contributed by atoms with Crippen molar-refractivity contribution < 1.29 is 4.74 Å². The Bertz CT molecular complexity index is 1040. The molecule has 0 saturated heterocycles. The minimum absolute atomic E-state index is 0.321. The predicted molar refractivity (Wildman–Crippen MR) is 112 cm³/mol. The topological polar surface area (TPSA) is 21.3 Å². The Kier molecular flexibility index (Phi) is 3.97. The summed E-state index contributed by atoms with van der Waals surface area (Å²) in [5.41, 5.74) is 3.92. The quantitative estimate of drug-likeness (QED) is 0.561. The molecule has 0 saturated carbocycles. The van der Waals surface area contributed by atoms with Crippen molar-refractivity contribution in [2.75, 3.05) is 11.9 Å². The summed E-state index contributed by atoms with van der Waals surface area (Å²) >= 11 is 0. The Morgan fingerprint density at radius 3 is 2.81 bits per heavy atom. The van der Waals surface area contributed by atoms with Crippen LogP contribution in [0.15, 0.2) is 85.5 Å². The summed E-state index contributed by atoms with van der Waals surface area (Å²) in [4.78, 5) is 0. The van der Waals surface area contributed by atoms with Crippen LogP contribution < -0.4 is 10.1 Å². The summed E-state index contributed by atoms with van der Waals surface area (Å²) in [6.07, 6.45) is 7.59. The number of hydrogen-bond donors (Lipinski definition) is 1. The summed E-state index contributed by atoms with van der Waals surface area (Å²) in [5, 5.41) is 6.41. The van der Waals surface area contributed by atoms with E-state index in [0.29, 0.717) is 24.5 Å². The molecule has 1 heterocycles. The first-order valence-corrected chi connectivity index (χ1v) is 9.63. The van der Waals surface area contributed by atoms with Crippen LogP contribution >= 0.6 is 0 Å². The Morgan fingerprint density at radius 2 is 1.93 bits per heavy atom. The molecule has 0 aromatic heterocycles. The highest BCUT2D eigenvalue weighted by molar-refractivity contribution is 5.83. The van der Waals surface area contributed by atoms with Gasteiger partial charge in [-0.2, -0.15) is 0 Å². The van der Waals surface area contributed by atoms with Gasteiger partial charge < -0.3 is 10.1 Å². The molecule has 1 aliphatic heterocycles. The summed E-state index contributed by atoms with van der Waals surface area (Å²) in [6, 6.07) is 22.2. The summed E-state index contributed by atoms with van der Waals surface area (Å²) < 4.78 is 5.76. The molecular formula is C25H23NO. The van der Waals surface area contributed by atoms with Crippen molar-refractivity contribution in [1.82, 2.24) is 0 Å². The fourth-order valence-corrected chi connectivity index (χ4v) is 4.55. The van der Waals surface area contributed by atoms with Crippen LogP contribution in [0.1, 0.15) is 29.5 Å². The lowest BCUT2D eigenvalue weighted by Crippen LogP contribution is -2.29. The maximum absolute atomic E-state index is 5.76. The van der Waals surface area contributed by atoms with Crippen LogP contribution in [-0.2, 0) is 0 Å². The highest BCUT2D eigenvalue weighted by atomic mass is 16.5. The van der Waals surface area contributed by atoms with Gasteiger partial charge >= 0.3 is 0 Å². The summed E-state index contributed by atoms with van der Waals surface area (Å²) in [7, 11) is 0. The van der Waals surface area contributed by atoms with Gasteiger partial charge in [0.2, 0.25) is 0 Å². The molecule has 134 valence electrons. The first-order valence-electron chi connectivity index (χ1n) is 9.63. The Labute approximate surface area is 160 Å². The molecule has 3 unspecified atom stereocenters. The maximum Gasteiger partial charge on any atom is 0.120 e. The van der Waals surface area contributed by atoms with E-state index in [9.17, 15) is 0 Å². The van der Waals surface area contributed by atoms with Crippen molar-refractivity contribution in [3.05, 3.63) is 96.6 Å². The van der Waals surface area contributed by atoms with Gasteiger partial charge in [-0.3, -0.25) is 0 Å². The lowest BCUT2D eigenvalue weighted by atomic mass is 9.77. The van der Waals surface area contributed by atoms with Gasteiger partial charge in [-0.15, -0.1) is 0 Å². The van der Waals surface area contributed by atoms with Gasteiger partial charge in [-0.25, -0.2) is 0 Å². The number of allylic oxidation sites excluding steroid dienone is 2. The van der Waals surface area contributed by atoms with Crippen LogP contribution in [0.2, 0.25) is 0 Å². The molecule has 3 aromatic rings. The fraction of sp³-hybridized carbons (Fsp3) is 0.200. The number of nitrogens with one attached hydrogen (secondary N) is 1. The fourth-order valence-electron chi connectivity index (χ4n) is 4.55. The lowest BCUT2D eigenvalue weighted by molar-refractivity contribution is 0.361. The SMILES string of the molecule is C=CCOc1ccc2c(c1)C1C=CCC1C(c1ccc3ccccc3c1)N2. The minimum Gasteiger partial charge on any atom is -0.490 e. The van der Waals surface area contributed by atoms with Crippen LogP contribution in [-0.4, -0.2) is 6.61 Å². The van der Waals surface area contributed by atoms with Gasteiger partial charge in [0.25, 0.3) is 0 Å². The standard InChI is InChI=1S/C25H23NO/c1-2-14-27-20-12-13-24-23(16-20)21-8-5-9-22(21)25(26-24)19-11-10-17-6-3-4-7-18(17)15-19/h2-8,10-13,15-16,21-22,25-26H,1,9,14H2. The molecule has 3 atom stereocenters. The van der Waals surface area contributed by atoms with Crippen LogP contribution in [0.4, 0.5) is 5.69 Å². The molecule has 2 aliphatic rings. The van der Waals surface area contributed by atoms with Gasteiger partial charge in [-0.1, -0.05) is 61.2 Å². The van der Waals surface area contributed by atoms with Crippen molar-refractivity contribution in [3.8, 4) is 5.75 Å². The third kappa shape index (κ3) is 2.82. The number of benzene rings is 3. The lowest BCUT2D eigenvalue weighted by Gasteiger charge is -2.37. The highest BCUT2D eigenvalue weighted by Gasteiger charge is 2.38. The first-order chi connectivity index (χ1) is 13.3. The highest BCUT2D eigenvalue weighted by Crippen LogP contribution is 2.50. The van der Waals surface area contributed by atoms with Crippen LogP contribution in [0.5, 0.6) is 5.75 Å². The van der Waals surface area contributed by atoms with Gasteiger partial charge in [0.05, 0.1) is 6.04 Å². The first kappa shape index (κ1) is 16.2. The van der Waals surface area contributed by atoms with Crippen LogP contribution in [0.25, 0.3) is 10.8 Å². The number of ether oxygens (including phenoxy) is 1.